The van der Waals surface area contributed by atoms with Crippen molar-refractivity contribution in [2.24, 2.45) is 7.05 Å². The molecule has 2 N–H and O–H groups in total. The van der Waals surface area contributed by atoms with E-state index in [1.807, 2.05) is 38.2 Å². The van der Waals surface area contributed by atoms with Crippen molar-refractivity contribution in [3.05, 3.63) is 30.0 Å². The van der Waals surface area contributed by atoms with Gasteiger partial charge in [-0.2, -0.15) is 5.10 Å². The molecule has 7 nitrogen and oxygen atoms in total. The first-order chi connectivity index (χ1) is 12.1. The van der Waals surface area contributed by atoms with Crippen molar-refractivity contribution in [1.29, 1.82) is 0 Å². The van der Waals surface area contributed by atoms with E-state index in [0.29, 0.717) is 19.0 Å². The number of carbonyl (C=O) groups is 1. The lowest BCUT2D eigenvalue weighted by molar-refractivity contribution is 0.0806. The maximum atomic E-state index is 12.4. The third-order valence-electron chi connectivity index (χ3n) is 4.39. The summed E-state index contributed by atoms with van der Waals surface area (Å²) in [6.45, 7) is 3.29. The normalized spacial score (nSPS) is 15.0. The van der Waals surface area contributed by atoms with Gasteiger partial charge in [0, 0.05) is 31.9 Å². The first kappa shape index (κ1) is 17.3. The molecular weight excluding hydrogens is 320 g/mol. The fourth-order valence-corrected chi connectivity index (χ4v) is 3.15. The van der Waals surface area contributed by atoms with E-state index in [9.17, 15) is 4.79 Å². The number of nitrogens with zero attached hydrogens (tertiary/aromatic N) is 2. The van der Waals surface area contributed by atoms with Gasteiger partial charge in [-0.25, -0.2) is 4.79 Å². The molecule has 0 spiro atoms. The van der Waals surface area contributed by atoms with E-state index < -0.39 is 0 Å². The highest BCUT2D eigenvalue weighted by molar-refractivity contribution is 5.94. The molecule has 3 rings (SSSR count). The van der Waals surface area contributed by atoms with Gasteiger partial charge in [-0.3, -0.25) is 10.00 Å². The number of anilines is 1. The largest absolute Gasteiger partial charge is 0.496 e. The van der Waals surface area contributed by atoms with Gasteiger partial charge >= 0.3 is 6.03 Å². The Hall–Kier alpha value is -2.54. The molecule has 1 aromatic carbocycles. The third-order valence-corrected chi connectivity index (χ3v) is 4.39. The van der Waals surface area contributed by atoms with Gasteiger partial charge in [0.05, 0.1) is 18.4 Å². The van der Waals surface area contributed by atoms with E-state index in [1.165, 1.54) is 0 Å². The van der Waals surface area contributed by atoms with Crippen LogP contribution in [-0.2, 0) is 11.8 Å². The molecule has 7 heteroatoms. The molecule has 2 aromatic rings. The van der Waals surface area contributed by atoms with E-state index in [1.54, 1.807) is 11.8 Å². The minimum absolute atomic E-state index is 0.137. The topological polar surface area (TPSA) is 77.4 Å². The second kappa shape index (κ2) is 7.57. The fraction of sp³-hybridized carbons (Fsp3) is 0.444. The van der Waals surface area contributed by atoms with Crippen molar-refractivity contribution in [2.45, 2.75) is 25.8 Å². The zero-order valence-corrected chi connectivity index (χ0v) is 14.8. The second-order valence-corrected chi connectivity index (χ2v) is 6.12. The number of urea groups is 1. The number of ether oxygens (including phenoxy) is 2. The van der Waals surface area contributed by atoms with Crippen LogP contribution in [0.2, 0.25) is 0 Å². The first-order valence-corrected chi connectivity index (χ1v) is 8.42. The minimum Gasteiger partial charge on any atom is -0.496 e. The molecule has 2 heterocycles. The summed E-state index contributed by atoms with van der Waals surface area (Å²) in [5.41, 5.74) is 2.59. The summed E-state index contributed by atoms with van der Waals surface area (Å²) in [4.78, 5) is 12.4. The molecule has 134 valence electrons. The summed E-state index contributed by atoms with van der Waals surface area (Å²) in [5, 5.41) is 10.4. The van der Waals surface area contributed by atoms with Crippen LogP contribution in [0, 0.1) is 6.92 Å². The average molecular weight is 344 g/mol. The SMILES string of the molecule is COc1ccccc1-c1c(C)nn(C)c1NC(=O)NC1CCOCC1. The van der Waals surface area contributed by atoms with Crippen molar-refractivity contribution in [3.63, 3.8) is 0 Å². The van der Waals surface area contributed by atoms with Crippen molar-refractivity contribution in [1.82, 2.24) is 15.1 Å². The molecule has 0 bridgehead atoms. The highest BCUT2D eigenvalue weighted by Crippen LogP contribution is 2.37. The van der Waals surface area contributed by atoms with Crippen molar-refractivity contribution in [2.75, 3.05) is 25.6 Å². The Kier molecular flexibility index (Phi) is 5.23. The summed E-state index contributed by atoms with van der Waals surface area (Å²) in [5.74, 6) is 1.39. The predicted molar refractivity (Wildman–Crippen MR) is 95.9 cm³/mol. The predicted octanol–water partition coefficient (Wildman–Crippen LogP) is 2.70. The number of para-hydroxylation sites is 1. The van der Waals surface area contributed by atoms with Gasteiger partial charge in [0.15, 0.2) is 0 Å². The summed E-state index contributed by atoms with van der Waals surface area (Å²) in [6, 6.07) is 7.62. The molecule has 2 amide bonds. The van der Waals surface area contributed by atoms with Crippen LogP contribution in [0.1, 0.15) is 18.5 Å². The van der Waals surface area contributed by atoms with E-state index >= 15 is 0 Å². The smallest absolute Gasteiger partial charge is 0.320 e. The molecule has 1 fully saturated rings. The number of carbonyl (C=O) groups excluding carboxylic acids is 1. The average Bonchev–Trinajstić information content (AvgIpc) is 2.89. The molecule has 1 aliphatic rings. The summed E-state index contributed by atoms with van der Waals surface area (Å²) < 4.78 is 12.5. The maximum absolute atomic E-state index is 12.4. The number of aromatic nitrogens is 2. The minimum atomic E-state index is -0.231. The van der Waals surface area contributed by atoms with Gasteiger partial charge in [-0.05, 0) is 25.8 Å². The highest BCUT2D eigenvalue weighted by Gasteiger charge is 2.22. The number of methoxy groups -OCH3 is 1. The standard InChI is InChI=1S/C18H24N4O3/c1-12-16(14-6-4-5-7-15(14)24-3)17(22(2)21-12)20-18(23)19-13-8-10-25-11-9-13/h4-7,13H,8-11H2,1-3H3,(H2,19,20,23). The molecule has 1 aliphatic heterocycles. The number of nitrogens with one attached hydrogen (secondary N) is 2. The second-order valence-electron chi connectivity index (χ2n) is 6.12. The third kappa shape index (κ3) is 3.76. The monoisotopic (exact) mass is 344 g/mol. The number of hydrogen-bond donors (Lipinski definition) is 2. The van der Waals surface area contributed by atoms with Crippen LogP contribution in [0.3, 0.4) is 0 Å². The molecule has 0 radical (unpaired) electrons. The zero-order chi connectivity index (χ0) is 17.8. The maximum Gasteiger partial charge on any atom is 0.320 e. The van der Waals surface area contributed by atoms with Gasteiger partial charge in [0.2, 0.25) is 0 Å². The molecular formula is C18H24N4O3. The van der Waals surface area contributed by atoms with Crippen molar-refractivity contribution < 1.29 is 14.3 Å². The Labute approximate surface area is 147 Å². The van der Waals surface area contributed by atoms with E-state index in [0.717, 1.165) is 35.4 Å². The lowest BCUT2D eigenvalue weighted by atomic mass is 10.0. The zero-order valence-electron chi connectivity index (χ0n) is 14.8. The van der Waals surface area contributed by atoms with Crippen LogP contribution in [0.4, 0.5) is 10.6 Å². The van der Waals surface area contributed by atoms with Crippen molar-refractivity contribution in [3.8, 4) is 16.9 Å². The van der Waals surface area contributed by atoms with Gasteiger partial charge < -0.3 is 14.8 Å². The lowest BCUT2D eigenvalue weighted by Gasteiger charge is -2.23. The Morgan fingerprint density at radius 1 is 1.32 bits per heavy atom. The molecule has 0 atom stereocenters. The molecule has 1 saturated heterocycles. The van der Waals surface area contributed by atoms with Crippen molar-refractivity contribution >= 4 is 11.8 Å². The Morgan fingerprint density at radius 3 is 2.76 bits per heavy atom. The van der Waals surface area contributed by atoms with E-state index in [-0.39, 0.29) is 12.1 Å². The highest BCUT2D eigenvalue weighted by atomic mass is 16.5. The Balaban J connectivity index is 1.85. The first-order valence-electron chi connectivity index (χ1n) is 8.42. The van der Waals surface area contributed by atoms with Crippen LogP contribution in [0.15, 0.2) is 24.3 Å². The van der Waals surface area contributed by atoms with Gasteiger partial charge in [-0.1, -0.05) is 18.2 Å². The summed E-state index contributed by atoms with van der Waals surface area (Å²) in [6.07, 6.45) is 1.66. The lowest BCUT2D eigenvalue weighted by Crippen LogP contribution is -2.41. The van der Waals surface area contributed by atoms with E-state index in [4.69, 9.17) is 9.47 Å². The number of amides is 2. The quantitative estimate of drug-likeness (QED) is 0.894. The summed E-state index contributed by atoms with van der Waals surface area (Å²) >= 11 is 0. The van der Waals surface area contributed by atoms with Crippen LogP contribution in [0.25, 0.3) is 11.1 Å². The number of aryl methyl sites for hydroxylation is 2. The number of benzene rings is 1. The van der Waals surface area contributed by atoms with Crippen LogP contribution >= 0.6 is 0 Å². The molecule has 1 aromatic heterocycles. The molecule has 0 unspecified atom stereocenters. The van der Waals surface area contributed by atoms with E-state index in [2.05, 4.69) is 15.7 Å². The van der Waals surface area contributed by atoms with Gasteiger partial charge in [-0.15, -0.1) is 0 Å². The fourth-order valence-electron chi connectivity index (χ4n) is 3.15. The summed E-state index contributed by atoms with van der Waals surface area (Å²) in [7, 11) is 3.45. The molecule has 0 aliphatic carbocycles. The number of rotatable bonds is 4. The Bertz CT molecular complexity index is 751. The molecule has 0 saturated carbocycles. The van der Waals surface area contributed by atoms with Gasteiger partial charge in [0.1, 0.15) is 11.6 Å². The van der Waals surface area contributed by atoms with Crippen LogP contribution in [-0.4, -0.2) is 42.2 Å². The van der Waals surface area contributed by atoms with Crippen LogP contribution in [0.5, 0.6) is 5.75 Å². The van der Waals surface area contributed by atoms with Crippen LogP contribution < -0.4 is 15.4 Å². The van der Waals surface area contributed by atoms with Gasteiger partial charge in [0.25, 0.3) is 0 Å². The molecule has 25 heavy (non-hydrogen) atoms. The Morgan fingerprint density at radius 2 is 2.04 bits per heavy atom. The number of hydrogen-bond acceptors (Lipinski definition) is 4.